The summed E-state index contributed by atoms with van der Waals surface area (Å²) < 4.78 is 41.7. The topological polar surface area (TPSA) is 87.4 Å². The monoisotopic (exact) mass is 472 g/mol. The minimum absolute atomic E-state index is 0.0365. The predicted molar refractivity (Wildman–Crippen MR) is 127 cm³/mol. The van der Waals surface area contributed by atoms with Crippen LogP contribution in [0.1, 0.15) is 45.4 Å². The molecule has 1 fully saturated rings. The molecule has 0 aliphatic carbocycles. The van der Waals surface area contributed by atoms with Crippen LogP contribution in [0.4, 0.5) is 20.3 Å². The number of benzene rings is 1. The molecule has 3 heterocycles. The summed E-state index contributed by atoms with van der Waals surface area (Å²) in [5.74, 6) is -0.0573. The number of hydrogen-bond acceptors (Lipinski definition) is 6. The molecule has 0 amide bonds. The molecular formula is C23H27BF2N4O4. The second-order valence-corrected chi connectivity index (χ2v) is 9.53. The molecule has 0 radical (unpaired) electrons. The van der Waals surface area contributed by atoms with Gasteiger partial charge in [-0.25, -0.2) is 18.6 Å². The minimum atomic E-state index is -2.89. The van der Waals surface area contributed by atoms with Gasteiger partial charge in [-0.1, -0.05) is 12.1 Å². The van der Waals surface area contributed by atoms with Crippen molar-refractivity contribution in [3.05, 3.63) is 56.4 Å². The number of anilines is 2. The van der Waals surface area contributed by atoms with Crippen LogP contribution in [0.15, 0.2) is 33.9 Å². The summed E-state index contributed by atoms with van der Waals surface area (Å²) in [5, 5.41) is 3.08. The second-order valence-electron chi connectivity index (χ2n) is 9.53. The van der Waals surface area contributed by atoms with Gasteiger partial charge >= 0.3 is 12.8 Å². The summed E-state index contributed by atoms with van der Waals surface area (Å²) in [5.41, 5.74) is -0.732. The van der Waals surface area contributed by atoms with E-state index in [1.165, 1.54) is 14.1 Å². The Morgan fingerprint density at radius 1 is 1.06 bits per heavy atom. The van der Waals surface area contributed by atoms with Gasteiger partial charge in [0.1, 0.15) is 16.9 Å². The highest BCUT2D eigenvalue weighted by atomic mass is 19.3. The summed E-state index contributed by atoms with van der Waals surface area (Å²) >= 11 is 0. The third kappa shape index (κ3) is 3.72. The summed E-state index contributed by atoms with van der Waals surface area (Å²) in [7, 11) is 2.13. The molecule has 11 heteroatoms. The second kappa shape index (κ2) is 8.02. The normalized spacial score (nSPS) is 17.1. The van der Waals surface area contributed by atoms with Crippen molar-refractivity contribution >= 4 is 35.0 Å². The number of aryl methyl sites for hydroxylation is 1. The molecule has 0 unspecified atom stereocenters. The van der Waals surface area contributed by atoms with E-state index in [0.29, 0.717) is 5.69 Å². The molecule has 2 aromatic heterocycles. The van der Waals surface area contributed by atoms with Gasteiger partial charge < -0.3 is 14.6 Å². The van der Waals surface area contributed by atoms with Crippen LogP contribution >= 0.6 is 0 Å². The molecule has 3 aromatic rings. The number of fused-ring (bicyclic) bond motifs is 1. The van der Waals surface area contributed by atoms with Crippen LogP contribution < -0.4 is 22.0 Å². The highest BCUT2D eigenvalue weighted by molar-refractivity contribution is 6.62. The molecule has 1 N–H and O–H groups in total. The van der Waals surface area contributed by atoms with Crippen LogP contribution in [0.3, 0.4) is 0 Å². The molecule has 0 atom stereocenters. The van der Waals surface area contributed by atoms with E-state index in [-0.39, 0.29) is 16.7 Å². The van der Waals surface area contributed by atoms with Crippen LogP contribution in [-0.4, -0.2) is 32.4 Å². The molecule has 1 aliphatic heterocycles. The van der Waals surface area contributed by atoms with E-state index in [1.54, 1.807) is 12.1 Å². The van der Waals surface area contributed by atoms with Crippen molar-refractivity contribution in [1.82, 2.24) is 14.1 Å². The molecule has 4 rings (SSSR count). The molecule has 0 spiro atoms. The van der Waals surface area contributed by atoms with E-state index < -0.39 is 41.7 Å². The molecular weight excluding hydrogens is 445 g/mol. The molecule has 180 valence electrons. The first-order chi connectivity index (χ1) is 15.7. The van der Waals surface area contributed by atoms with Crippen molar-refractivity contribution in [1.29, 1.82) is 0 Å². The molecule has 8 nitrogen and oxygen atoms in total. The fourth-order valence-corrected chi connectivity index (χ4v) is 3.95. The van der Waals surface area contributed by atoms with Gasteiger partial charge in [-0.15, -0.1) is 0 Å². The maximum Gasteiger partial charge on any atom is 0.495 e. The quantitative estimate of drug-likeness (QED) is 0.588. The van der Waals surface area contributed by atoms with Crippen LogP contribution in [0.2, 0.25) is 0 Å². The van der Waals surface area contributed by atoms with Crippen LogP contribution in [0, 0.1) is 6.92 Å². The number of nitrogens with zero attached hydrogens (tertiary/aromatic N) is 3. The zero-order chi connectivity index (χ0) is 25.2. The summed E-state index contributed by atoms with van der Waals surface area (Å²) in [6.45, 7) is 9.66. The Balaban J connectivity index is 1.86. The van der Waals surface area contributed by atoms with Gasteiger partial charge in [0.15, 0.2) is 0 Å². The maximum absolute atomic E-state index is 13.6. The molecule has 0 bridgehead atoms. The Morgan fingerprint density at radius 2 is 1.68 bits per heavy atom. The van der Waals surface area contributed by atoms with E-state index in [2.05, 4.69) is 10.3 Å². The lowest BCUT2D eigenvalue weighted by Crippen LogP contribution is -2.41. The molecule has 34 heavy (non-hydrogen) atoms. The largest absolute Gasteiger partial charge is 0.495 e. The van der Waals surface area contributed by atoms with Crippen LogP contribution in [0.25, 0.3) is 10.9 Å². The standard InChI is InChI=1S/C23H27BF2N4O4/c1-12-13(24-33-22(2,3)23(4,5)34-24)9-8-10-14(12)27-19-17-16(11-15(28-19)18(25)26)29(6)21(32)30(7)20(17)31/h8-11,18H,1-7H3,(H,27,28). The van der Waals surface area contributed by atoms with Gasteiger partial charge in [0.2, 0.25) is 0 Å². The Labute approximate surface area is 195 Å². The maximum atomic E-state index is 13.6. The van der Waals surface area contributed by atoms with Crippen LogP contribution in [-0.2, 0) is 23.4 Å². The van der Waals surface area contributed by atoms with Crippen molar-refractivity contribution in [2.75, 3.05) is 5.32 Å². The summed E-state index contributed by atoms with van der Waals surface area (Å²) in [6, 6.07) is 6.47. The van der Waals surface area contributed by atoms with Crippen molar-refractivity contribution in [3.8, 4) is 0 Å². The molecule has 1 saturated heterocycles. The van der Waals surface area contributed by atoms with E-state index in [9.17, 15) is 18.4 Å². The summed E-state index contributed by atoms with van der Waals surface area (Å²) in [4.78, 5) is 29.3. The average Bonchev–Trinajstić information content (AvgIpc) is 2.98. The van der Waals surface area contributed by atoms with Crippen molar-refractivity contribution < 1.29 is 18.1 Å². The van der Waals surface area contributed by atoms with E-state index >= 15 is 0 Å². The molecule has 1 aromatic carbocycles. The molecule has 1 aliphatic rings. The Morgan fingerprint density at radius 3 is 2.26 bits per heavy atom. The lowest BCUT2D eigenvalue weighted by atomic mass is 9.76. The number of nitrogens with one attached hydrogen (secondary N) is 1. The van der Waals surface area contributed by atoms with Crippen molar-refractivity contribution in [2.24, 2.45) is 14.1 Å². The highest BCUT2D eigenvalue weighted by Gasteiger charge is 2.52. The number of halogens is 2. The van der Waals surface area contributed by atoms with Crippen LogP contribution in [0.5, 0.6) is 0 Å². The first-order valence-electron chi connectivity index (χ1n) is 10.9. The minimum Gasteiger partial charge on any atom is -0.399 e. The van der Waals surface area contributed by atoms with Crippen molar-refractivity contribution in [2.45, 2.75) is 52.2 Å². The predicted octanol–water partition coefficient (Wildman–Crippen LogP) is 2.92. The first-order valence-corrected chi connectivity index (χ1v) is 10.9. The third-order valence-electron chi connectivity index (χ3n) is 6.83. The fourth-order valence-electron chi connectivity index (χ4n) is 3.95. The van der Waals surface area contributed by atoms with Crippen molar-refractivity contribution in [3.63, 3.8) is 0 Å². The Hall–Kier alpha value is -3.05. The van der Waals surface area contributed by atoms with Gasteiger partial charge in [0.05, 0.1) is 16.7 Å². The average molecular weight is 472 g/mol. The third-order valence-corrected chi connectivity index (χ3v) is 6.83. The SMILES string of the molecule is Cc1c(Nc2nc(C(F)F)cc3c2c(=O)n(C)c(=O)n3C)cccc1B1OC(C)(C)C(C)(C)O1. The number of pyridine rings is 1. The van der Waals surface area contributed by atoms with Gasteiger partial charge in [-0.2, -0.15) is 0 Å². The summed E-state index contributed by atoms with van der Waals surface area (Å²) in [6.07, 6.45) is -2.89. The van der Waals surface area contributed by atoms with E-state index in [4.69, 9.17) is 9.31 Å². The lowest BCUT2D eigenvalue weighted by Gasteiger charge is -2.32. The lowest BCUT2D eigenvalue weighted by molar-refractivity contribution is 0.00578. The fraction of sp³-hybridized carbons (Fsp3) is 0.435. The number of hydrogen-bond donors (Lipinski definition) is 1. The van der Waals surface area contributed by atoms with Gasteiger partial charge in [0.25, 0.3) is 12.0 Å². The smallest absolute Gasteiger partial charge is 0.399 e. The number of alkyl halides is 2. The van der Waals surface area contributed by atoms with Gasteiger partial charge in [-0.3, -0.25) is 13.9 Å². The molecule has 0 saturated carbocycles. The number of aromatic nitrogens is 3. The Kier molecular flexibility index (Phi) is 5.68. The number of rotatable bonds is 4. The van der Waals surface area contributed by atoms with E-state index in [1.807, 2.05) is 40.7 Å². The first kappa shape index (κ1) is 24.1. The zero-order valence-electron chi connectivity index (χ0n) is 20.2. The van der Waals surface area contributed by atoms with Gasteiger partial charge in [-0.05, 0) is 57.8 Å². The zero-order valence-corrected chi connectivity index (χ0v) is 20.2. The van der Waals surface area contributed by atoms with Gasteiger partial charge in [0, 0.05) is 19.8 Å². The Bertz CT molecular complexity index is 1400. The highest BCUT2D eigenvalue weighted by Crippen LogP contribution is 2.37. The van der Waals surface area contributed by atoms with E-state index in [0.717, 1.165) is 26.2 Å².